The molecular weight excluding hydrogens is 270 g/mol. The Morgan fingerprint density at radius 3 is 2.81 bits per heavy atom. The van der Waals surface area contributed by atoms with Crippen LogP contribution < -0.4 is 5.32 Å². The van der Waals surface area contributed by atoms with E-state index < -0.39 is 0 Å². The van der Waals surface area contributed by atoms with Crippen molar-refractivity contribution >= 4 is 15.9 Å². The molecule has 0 unspecified atom stereocenters. The van der Waals surface area contributed by atoms with E-state index in [4.69, 9.17) is 4.42 Å². The van der Waals surface area contributed by atoms with E-state index in [0.717, 1.165) is 21.6 Å². The third-order valence-electron chi connectivity index (χ3n) is 2.12. The summed E-state index contributed by atoms with van der Waals surface area (Å²) in [6, 6.07) is 1.88. The predicted molar refractivity (Wildman–Crippen MR) is 63.7 cm³/mol. The van der Waals surface area contributed by atoms with Crippen molar-refractivity contribution in [2.24, 2.45) is 0 Å². The third kappa shape index (κ3) is 2.90. The molecule has 0 atom stereocenters. The Kier molecular flexibility index (Phi) is 3.69. The van der Waals surface area contributed by atoms with Gasteiger partial charge in [-0.15, -0.1) is 0 Å². The summed E-state index contributed by atoms with van der Waals surface area (Å²) in [6.45, 7) is 3.27. The Morgan fingerprint density at radius 1 is 1.31 bits per heavy atom. The maximum absolute atomic E-state index is 5.28. The first-order valence-electron chi connectivity index (χ1n) is 4.96. The van der Waals surface area contributed by atoms with Crippen molar-refractivity contribution in [1.29, 1.82) is 0 Å². The van der Waals surface area contributed by atoms with Crippen molar-refractivity contribution in [3.8, 4) is 0 Å². The summed E-state index contributed by atoms with van der Waals surface area (Å²) < 4.78 is 6.26. The van der Waals surface area contributed by atoms with Crippen LogP contribution in [0, 0.1) is 6.92 Å². The molecule has 4 nitrogen and oxygen atoms in total. The van der Waals surface area contributed by atoms with E-state index in [1.54, 1.807) is 18.7 Å². The number of aryl methyl sites for hydroxylation is 1. The van der Waals surface area contributed by atoms with Gasteiger partial charge in [0.15, 0.2) is 0 Å². The van der Waals surface area contributed by atoms with Gasteiger partial charge in [-0.05, 0) is 28.9 Å². The molecule has 84 valence electrons. The van der Waals surface area contributed by atoms with Crippen molar-refractivity contribution in [3.05, 3.63) is 46.3 Å². The summed E-state index contributed by atoms with van der Waals surface area (Å²) in [6.07, 6.45) is 5.20. The van der Waals surface area contributed by atoms with Crippen LogP contribution in [0.3, 0.4) is 0 Å². The Bertz CT molecular complexity index is 453. The second-order valence-corrected chi connectivity index (χ2v) is 4.30. The van der Waals surface area contributed by atoms with E-state index >= 15 is 0 Å². The van der Waals surface area contributed by atoms with E-state index in [-0.39, 0.29) is 0 Å². The fourth-order valence-corrected chi connectivity index (χ4v) is 1.61. The molecule has 0 fully saturated rings. The standard InChI is InChI=1S/C11H12BrN3O/c1-8-4-15-9(6-14-8)5-13-7-11-10(12)2-3-16-11/h2-4,6,13H,5,7H2,1H3. The number of nitrogens with one attached hydrogen (secondary N) is 1. The van der Waals surface area contributed by atoms with E-state index in [9.17, 15) is 0 Å². The van der Waals surface area contributed by atoms with Crippen molar-refractivity contribution in [1.82, 2.24) is 15.3 Å². The highest BCUT2D eigenvalue weighted by atomic mass is 79.9. The summed E-state index contributed by atoms with van der Waals surface area (Å²) in [5, 5.41) is 3.24. The minimum absolute atomic E-state index is 0.670. The molecule has 2 aromatic rings. The van der Waals surface area contributed by atoms with Crippen molar-refractivity contribution in [3.63, 3.8) is 0 Å². The Balaban J connectivity index is 1.84. The number of furan rings is 1. The number of hydrogen-bond acceptors (Lipinski definition) is 4. The lowest BCUT2D eigenvalue weighted by Gasteiger charge is -2.02. The summed E-state index contributed by atoms with van der Waals surface area (Å²) in [4.78, 5) is 8.43. The molecule has 0 bridgehead atoms. The quantitative estimate of drug-likeness (QED) is 0.935. The monoisotopic (exact) mass is 281 g/mol. The topological polar surface area (TPSA) is 51.0 Å². The first-order valence-corrected chi connectivity index (χ1v) is 5.75. The fraction of sp³-hybridized carbons (Fsp3) is 0.273. The number of rotatable bonds is 4. The van der Waals surface area contributed by atoms with Crippen LogP contribution in [0.5, 0.6) is 0 Å². The summed E-state index contributed by atoms with van der Waals surface area (Å²) >= 11 is 3.40. The van der Waals surface area contributed by atoms with Gasteiger partial charge in [0.05, 0.1) is 28.7 Å². The van der Waals surface area contributed by atoms with Crippen LogP contribution in [0.25, 0.3) is 0 Å². The van der Waals surface area contributed by atoms with Gasteiger partial charge in [0.25, 0.3) is 0 Å². The molecule has 0 aromatic carbocycles. The average molecular weight is 282 g/mol. The van der Waals surface area contributed by atoms with E-state index in [2.05, 4.69) is 31.2 Å². The number of aromatic nitrogens is 2. The lowest BCUT2D eigenvalue weighted by Crippen LogP contribution is -2.13. The fourth-order valence-electron chi connectivity index (χ4n) is 1.27. The van der Waals surface area contributed by atoms with Gasteiger partial charge in [0, 0.05) is 18.9 Å². The van der Waals surface area contributed by atoms with Gasteiger partial charge in [-0.1, -0.05) is 0 Å². The number of nitrogens with zero attached hydrogens (tertiary/aromatic N) is 2. The molecular formula is C11H12BrN3O. The van der Waals surface area contributed by atoms with Crippen LogP contribution in [-0.2, 0) is 13.1 Å². The normalized spacial score (nSPS) is 10.6. The van der Waals surface area contributed by atoms with Gasteiger partial charge in [-0.2, -0.15) is 0 Å². The molecule has 0 aliphatic rings. The second kappa shape index (κ2) is 5.23. The Labute approximate surface area is 102 Å². The zero-order valence-electron chi connectivity index (χ0n) is 8.90. The van der Waals surface area contributed by atoms with Crippen LogP contribution in [0.4, 0.5) is 0 Å². The minimum Gasteiger partial charge on any atom is -0.467 e. The zero-order chi connectivity index (χ0) is 11.4. The lowest BCUT2D eigenvalue weighted by molar-refractivity contribution is 0.479. The molecule has 1 N–H and O–H groups in total. The molecule has 2 aromatic heterocycles. The van der Waals surface area contributed by atoms with Crippen LogP contribution >= 0.6 is 15.9 Å². The molecule has 2 heterocycles. The van der Waals surface area contributed by atoms with E-state index in [1.807, 2.05) is 13.0 Å². The van der Waals surface area contributed by atoms with Crippen molar-refractivity contribution in [2.45, 2.75) is 20.0 Å². The zero-order valence-corrected chi connectivity index (χ0v) is 10.5. The molecule has 0 aliphatic heterocycles. The molecule has 0 aliphatic carbocycles. The summed E-state index contributed by atoms with van der Waals surface area (Å²) in [5.74, 6) is 0.889. The highest BCUT2D eigenvalue weighted by molar-refractivity contribution is 9.10. The maximum Gasteiger partial charge on any atom is 0.131 e. The average Bonchev–Trinajstić information content (AvgIpc) is 2.68. The molecule has 0 radical (unpaired) electrons. The van der Waals surface area contributed by atoms with E-state index in [0.29, 0.717) is 13.1 Å². The van der Waals surface area contributed by atoms with Gasteiger partial charge in [-0.3, -0.25) is 9.97 Å². The molecule has 5 heteroatoms. The van der Waals surface area contributed by atoms with Gasteiger partial charge >= 0.3 is 0 Å². The first-order chi connectivity index (χ1) is 7.75. The van der Waals surface area contributed by atoms with Crippen LogP contribution in [0.15, 0.2) is 33.6 Å². The van der Waals surface area contributed by atoms with Crippen LogP contribution in [-0.4, -0.2) is 9.97 Å². The van der Waals surface area contributed by atoms with Crippen LogP contribution in [0.1, 0.15) is 17.1 Å². The smallest absolute Gasteiger partial charge is 0.131 e. The summed E-state index contributed by atoms with van der Waals surface area (Å²) in [7, 11) is 0. The Morgan fingerprint density at radius 2 is 2.19 bits per heavy atom. The predicted octanol–water partition coefficient (Wildman–Crippen LogP) is 2.43. The largest absolute Gasteiger partial charge is 0.467 e. The molecule has 0 amide bonds. The maximum atomic E-state index is 5.28. The SMILES string of the molecule is Cc1cnc(CNCc2occc2Br)cn1. The molecule has 0 spiro atoms. The van der Waals surface area contributed by atoms with Crippen LogP contribution in [0.2, 0.25) is 0 Å². The van der Waals surface area contributed by atoms with Gasteiger partial charge in [0.2, 0.25) is 0 Å². The number of hydrogen-bond donors (Lipinski definition) is 1. The number of halogens is 1. The first kappa shape index (κ1) is 11.3. The lowest BCUT2D eigenvalue weighted by atomic mass is 10.4. The minimum atomic E-state index is 0.670. The second-order valence-electron chi connectivity index (χ2n) is 3.44. The van der Waals surface area contributed by atoms with Crippen molar-refractivity contribution in [2.75, 3.05) is 0 Å². The third-order valence-corrected chi connectivity index (χ3v) is 2.82. The van der Waals surface area contributed by atoms with E-state index in [1.165, 1.54) is 0 Å². The highest BCUT2D eigenvalue weighted by Gasteiger charge is 2.02. The summed E-state index contributed by atoms with van der Waals surface area (Å²) in [5.41, 5.74) is 1.85. The molecule has 0 saturated heterocycles. The molecule has 16 heavy (non-hydrogen) atoms. The highest BCUT2D eigenvalue weighted by Crippen LogP contribution is 2.16. The molecule has 0 saturated carbocycles. The van der Waals surface area contributed by atoms with Gasteiger partial charge in [0.1, 0.15) is 5.76 Å². The molecule has 2 rings (SSSR count). The van der Waals surface area contributed by atoms with Gasteiger partial charge < -0.3 is 9.73 Å². The van der Waals surface area contributed by atoms with Gasteiger partial charge in [-0.25, -0.2) is 0 Å². The Hall–Kier alpha value is -1.20. The van der Waals surface area contributed by atoms with Crippen molar-refractivity contribution < 1.29 is 4.42 Å².